The molecular weight excluding hydrogens is 385 g/mol. The average Bonchev–Trinajstić information content (AvgIpc) is 2.42. The first kappa shape index (κ1) is 15.7. The number of hydrogen-bond acceptors (Lipinski definition) is 1. The molecule has 0 heterocycles. The molecule has 0 aliphatic heterocycles. The SMILES string of the molecule is CC(Cc1ccc(Br)cc1)NCc1cc(F)ccc1Br. The molecule has 0 aromatic heterocycles. The maximum Gasteiger partial charge on any atom is 0.123 e. The summed E-state index contributed by atoms with van der Waals surface area (Å²) in [6, 6.07) is 13.4. The maximum atomic E-state index is 13.2. The molecule has 2 rings (SSSR count). The monoisotopic (exact) mass is 399 g/mol. The summed E-state index contributed by atoms with van der Waals surface area (Å²) in [6.07, 6.45) is 0.945. The van der Waals surface area contributed by atoms with E-state index in [0.717, 1.165) is 20.9 Å². The van der Waals surface area contributed by atoms with Crippen LogP contribution in [0.25, 0.3) is 0 Å². The summed E-state index contributed by atoms with van der Waals surface area (Å²) in [4.78, 5) is 0. The summed E-state index contributed by atoms with van der Waals surface area (Å²) >= 11 is 6.87. The Morgan fingerprint density at radius 3 is 2.50 bits per heavy atom. The van der Waals surface area contributed by atoms with E-state index in [1.54, 1.807) is 12.1 Å². The van der Waals surface area contributed by atoms with Crippen molar-refractivity contribution in [2.75, 3.05) is 0 Å². The number of benzene rings is 2. The van der Waals surface area contributed by atoms with E-state index < -0.39 is 0 Å². The van der Waals surface area contributed by atoms with Crippen LogP contribution < -0.4 is 5.32 Å². The fourth-order valence-electron chi connectivity index (χ4n) is 2.01. The minimum atomic E-state index is -0.203. The highest BCUT2D eigenvalue weighted by molar-refractivity contribution is 9.10. The van der Waals surface area contributed by atoms with Gasteiger partial charge in [0.25, 0.3) is 0 Å². The van der Waals surface area contributed by atoms with Gasteiger partial charge in [-0.25, -0.2) is 4.39 Å². The average molecular weight is 401 g/mol. The normalized spacial score (nSPS) is 12.4. The van der Waals surface area contributed by atoms with Crippen LogP contribution in [-0.2, 0) is 13.0 Å². The van der Waals surface area contributed by atoms with Crippen LogP contribution in [-0.4, -0.2) is 6.04 Å². The molecule has 1 atom stereocenters. The van der Waals surface area contributed by atoms with Crippen LogP contribution in [0.15, 0.2) is 51.4 Å². The van der Waals surface area contributed by atoms with E-state index >= 15 is 0 Å². The molecule has 0 saturated heterocycles. The Labute approximate surface area is 135 Å². The molecular formula is C16H16Br2FN. The van der Waals surface area contributed by atoms with Crippen LogP contribution >= 0.6 is 31.9 Å². The molecule has 1 nitrogen and oxygen atoms in total. The molecule has 106 valence electrons. The van der Waals surface area contributed by atoms with Gasteiger partial charge in [0.05, 0.1) is 0 Å². The summed E-state index contributed by atoms with van der Waals surface area (Å²) in [6.45, 7) is 2.78. The van der Waals surface area contributed by atoms with Crippen LogP contribution in [0.4, 0.5) is 4.39 Å². The third-order valence-electron chi connectivity index (χ3n) is 3.10. The van der Waals surface area contributed by atoms with Gasteiger partial charge >= 0.3 is 0 Å². The van der Waals surface area contributed by atoms with Gasteiger partial charge in [-0.05, 0) is 54.8 Å². The minimum absolute atomic E-state index is 0.203. The molecule has 20 heavy (non-hydrogen) atoms. The van der Waals surface area contributed by atoms with E-state index in [4.69, 9.17) is 0 Å². The van der Waals surface area contributed by atoms with Crippen molar-refractivity contribution in [3.05, 3.63) is 68.4 Å². The zero-order chi connectivity index (χ0) is 14.5. The van der Waals surface area contributed by atoms with Crippen molar-refractivity contribution < 1.29 is 4.39 Å². The lowest BCUT2D eigenvalue weighted by Gasteiger charge is -2.15. The molecule has 0 aliphatic rings. The Morgan fingerprint density at radius 1 is 1.10 bits per heavy atom. The molecule has 1 unspecified atom stereocenters. The summed E-state index contributed by atoms with van der Waals surface area (Å²) in [7, 11) is 0. The van der Waals surface area contributed by atoms with Crippen LogP contribution in [0.1, 0.15) is 18.1 Å². The van der Waals surface area contributed by atoms with E-state index in [1.807, 2.05) is 12.1 Å². The molecule has 0 spiro atoms. The first-order valence-electron chi connectivity index (χ1n) is 6.46. The van der Waals surface area contributed by atoms with Crippen molar-refractivity contribution >= 4 is 31.9 Å². The van der Waals surface area contributed by atoms with E-state index in [2.05, 4.69) is 56.2 Å². The fraction of sp³-hybridized carbons (Fsp3) is 0.250. The number of hydrogen-bond donors (Lipinski definition) is 1. The quantitative estimate of drug-likeness (QED) is 0.738. The van der Waals surface area contributed by atoms with Gasteiger partial charge in [0.2, 0.25) is 0 Å². The minimum Gasteiger partial charge on any atom is -0.310 e. The Morgan fingerprint density at radius 2 is 1.80 bits per heavy atom. The Hall–Kier alpha value is -0.710. The third-order valence-corrected chi connectivity index (χ3v) is 4.41. The van der Waals surface area contributed by atoms with Crippen molar-refractivity contribution in [2.45, 2.75) is 25.9 Å². The van der Waals surface area contributed by atoms with Crippen LogP contribution in [0.5, 0.6) is 0 Å². The molecule has 0 radical (unpaired) electrons. The van der Waals surface area contributed by atoms with Crippen molar-refractivity contribution in [2.24, 2.45) is 0 Å². The Kier molecular flexibility index (Phi) is 5.75. The zero-order valence-corrected chi connectivity index (χ0v) is 14.3. The summed E-state index contributed by atoms with van der Waals surface area (Å²) in [5, 5.41) is 3.42. The van der Waals surface area contributed by atoms with Crippen molar-refractivity contribution in [1.82, 2.24) is 5.32 Å². The molecule has 2 aromatic carbocycles. The van der Waals surface area contributed by atoms with Gasteiger partial charge in [0.15, 0.2) is 0 Å². The second kappa shape index (κ2) is 7.34. The van der Waals surface area contributed by atoms with Crippen LogP contribution in [0.3, 0.4) is 0 Å². The Balaban J connectivity index is 1.90. The topological polar surface area (TPSA) is 12.0 Å². The second-order valence-electron chi connectivity index (χ2n) is 4.85. The first-order chi connectivity index (χ1) is 9.54. The van der Waals surface area contributed by atoms with E-state index in [0.29, 0.717) is 12.6 Å². The standard InChI is InChI=1S/C16H16Br2FN/c1-11(8-12-2-4-14(17)5-3-12)20-10-13-9-15(19)6-7-16(13)18/h2-7,9,11,20H,8,10H2,1H3. The summed E-state index contributed by atoms with van der Waals surface area (Å²) in [5.74, 6) is -0.203. The van der Waals surface area contributed by atoms with E-state index in [9.17, 15) is 4.39 Å². The molecule has 0 fully saturated rings. The lowest BCUT2D eigenvalue weighted by molar-refractivity contribution is 0.541. The fourth-order valence-corrected chi connectivity index (χ4v) is 2.66. The van der Waals surface area contributed by atoms with Gasteiger partial charge in [-0.15, -0.1) is 0 Å². The summed E-state index contributed by atoms with van der Waals surface area (Å²) in [5.41, 5.74) is 2.22. The summed E-state index contributed by atoms with van der Waals surface area (Å²) < 4.78 is 15.2. The lowest BCUT2D eigenvalue weighted by Crippen LogP contribution is -2.27. The largest absolute Gasteiger partial charge is 0.310 e. The van der Waals surface area contributed by atoms with Crippen LogP contribution in [0.2, 0.25) is 0 Å². The highest BCUT2D eigenvalue weighted by atomic mass is 79.9. The molecule has 0 aliphatic carbocycles. The molecule has 1 N–H and O–H groups in total. The molecule has 2 aromatic rings. The number of halogens is 3. The second-order valence-corrected chi connectivity index (χ2v) is 6.62. The molecule has 0 amide bonds. The highest BCUT2D eigenvalue weighted by Gasteiger charge is 2.06. The molecule has 0 saturated carbocycles. The third kappa shape index (κ3) is 4.69. The molecule has 4 heteroatoms. The van der Waals surface area contributed by atoms with Gasteiger partial charge in [0.1, 0.15) is 5.82 Å². The number of rotatable bonds is 5. The van der Waals surface area contributed by atoms with Crippen molar-refractivity contribution in [3.63, 3.8) is 0 Å². The van der Waals surface area contributed by atoms with Crippen molar-refractivity contribution in [1.29, 1.82) is 0 Å². The van der Waals surface area contributed by atoms with Gasteiger partial charge in [-0.3, -0.25) is 0 Å². The van der Waals surface area contributed by atoms with E-state index in [-0.39, 0.29) is 5.82 Å². The predicted molar refractivity (Wildman–Crippen MR) is 88.2 cm³/mol. The van der Waals surface area contributed by atoms with Crippen molar-refractivity contribution in [3.8, 4) is 0 Å². The van der Waals surface area contributed by atoms with Gasteiger partial charge < -0.3 is 5.32 Å². The first-order valence-corrected chi connectivity index (χ1v) is 8.05. The molecule has 0 bridgehead atoms. The van der Waals surface area contributed by atoms with Crippen LogP contribution in [0, 0.1) is 5.82 Å². The Bertz CT molecular complexity index is 569. The smallest absolute Gasteiger partial charge is 0.123 e. The van der Waals surface area contributed by atoms with Gasteiger partial charge in [0, 0.05) is 21.5 Å². The van der Waals surface area contributed by atoms with Gasteiger partial charge in [-0.2, -0.15) is 0 Å². The maximum absolute atomic E-state index is 13.2. The van der Waals surface area contributed by atoms with Gasteiger partial charge in [-0.1, -0.05) is 44.0 Å². The predicted octanol–water partition coefficient (Wildman–Crippen LogP) is 5.07. The zero-order valence-electron chi connectivity index (χ0n) is 11.2. The number of nitrogens with one attached hydrogen (secondary N) is 1. The van der Waals surface area contributed by atoms with E-state index in [1.165, 1.54) is 11.6 Å². The highest BCUT2D eigenvalue weighted by Crippen LogP contribution is 2.18. The lowest BCUT2D eigenvalue weighted by atomic mass is 10.1.